The van der Waals surface area contributed by atoms with Gasteiger partial charge < -0.3 is 45.9 Å². The Bertz CT molecular complexity index is 2260. The zero-order chi connectivity index (χ0) is 44.8. The van der Waals surface area contributed by atoms with Crippen molar-refractivity contribution in [1.29, 1.82) is 0 Å². The molecule has 4 rings (SSSR count). The Balaban J connectivity index is 0.000000393. The first-order chi connectivity index (χ1) is 27.6. The zero-order valence-electron chi connectivity index (χ0n) is 29.4. The molecule has 0 spiro atoms. The molecule has 0 bridgehead atoms. The van der Waals surface area contributed by atoms with Crippen molar-refractivity contribution in [2.45, 2.75) is 0 Å². The van der Waals surface area contributed by atoms with Crippen molar-refractivity contribution in [1.82, 2.24) is 0 Å². The van der Waals surface area contributed by atoms with Crippen molar-refractivity contribution >= 4 is 142 Å². The molecule has 0 aliphatic rings. The van der Waals surface area contributed by atoms with Crippen LogP contribution in [0.1, 0.15) is 22.3 Å². The minimum Gasteiger partial charge on any atom is -0.369 e. The Morgan fingerprint density at radius 3 is 1.29 bits per heavy atom. The minimum absolute atomic E-state index is 0.0565. The third-order valence-electron chi connectivity index (χ3n) is 5.55. The summed E-state index contributed by atoms with van der Waals surface area (Å²) in [6, 6.07) is 12.6. The largest absolute Gasteiger partial charge is 0.369 e. The highest BCUT2D eigenvalue weighted by Gasteiger charge is 2.08. The predicted octanol–water partition coefficient (Wildman–Crippen LogP) is 6.82. The number of hydrogen-bond acceptors (Lipinski definition) is 8. The van der Waals surface area contributed by atoms with E-state index in [4.69, 9.17) is 139 Å². The van der Waals surface area contributed by atoms with Gasteiger partial charge in [0.15, 0.2) is 5.82 Å². The quantitative estimate of drug-likeness (QED) is 0.0304. The Morgan fingerprint density at radius 2 is 0.814 bits per heavy atom. The third-order valence-corrected chi connectivity index (χ3v) is 8.34. The normalized spacial score (nSPS) is 10.6. The van der Waals surface area contributed by atoms with Gasteiger partial charge in [-0.3, -0.25) is 0 Å². The van der Waals surface area contributed by atoms with Crippen LogP contribution in [-0.2, 0) is 0 Å². The Kier molecular flexibility index (Phi) is 23.4. The van der Waals surface area contributed by atoms with Crippen molar-refractivity contribution in [3.05, 3.63) is 134 Å². The lowest BCUT2D eigenvalue weighted by Crippen LogP contribution is -2.21. The van der Waals surface area contributed by atoms with Crippen LogP contribution in [0.5, 0.6) is 0 Å². The van der Waals surface area contributed by atoms with E-state index < -0.39 is 17.5 Å². The molecule has 0 saturated heterocycles. The first kappa shape index (κ1) is 51.8. The van der Waals surface area contributed by atoms with Gasteiger partial charge in [0.25, 0.3) is 0 Å². The minimum atomic E-state index is -0.669. The number of hydrogen-bond donors (Lipinski definition) is 8. The van der Waals surface area contributed by atoms with Crippen molar-refractivity contribution in [3.8, 4) is 0 Å². The van der Waals surface area contributed by atoms with Gasteiger partial charge in [-0.05, 0) is 53.6 Å². The lowest BCUT2D eigenvalue weighted by Gasteiger charge is -2.01. The van der Waals surface area contributed by atoms with Gasteiger partial charge in [0.2, 0.25) is 23.8 Å². The monoisotopic (exact) mass is 974 g/mol. The van der Waals surface area contributed by atoms with Gasteiger partial charge >= 0.3 is 0 Å². The standard InChI is InChI=1S/C8H7Cl3N4.2C8H7Cl2FN4.C8H8ClFN4/c9-5-2-1-4(6(10)7(5)11)3-14-15-8(12)13;9-5-2-6(10)7(11)1-4(5)3-14-15-8(12)13;9-5-1-4(2-6(10)7(5)11)3-14-15-8(12)13;9-6-2-1-5(3-7(6)10)4-13-14-8(11)12/h3*1-3H,(H4,12,13,15);1-4H,(H4,11,12,14)/b3*14-3+;13-4+. The SMILES string of the molecule is NC(N)=N/N=C/c1cc(Cl)c(F)c(Cl)c1.NC(N)=N/N=C/c1cc(F)c(Cl)cc1Cl.NC(N)=N/N=C/c1ccc(Cl)c(Cl)c1Cl.NC(N)=N/N=C/c1ccc(Cl)c(F)c1. The van der Waals surface area contributed by atoms with E-state index in [1.165, 1.54) is 55.2 Å². The second-order valence-electron chi connectivity index (χ2n) is 10.1. The van der Waals surface area contributed by atoms with Crippen LogP contribution in [0.2, 0.25) is 40.2 Å². The average molecular weight is 978 g/mol. The van der Waals surface area contributed by atoms with Gasteiger partial charge in [-0.1, -0.05) is 105 Å². The van der Waals surface area contributed by atoms with Crippen molar-refractivity contribution in [2.24, 2.45) is 86.7 Å². The summed E-state index contributed by atoms with van der Waals surface area (Å²) in [5, 5.41) is 28.6. The topological polar surface area (TPSA) is 307 Å². The summed E-state index contributed by atoms with van der Waals surface area (Å²) in [5.74, 6) is -2.44. The van der Waals surface area contributed by atoms with E-state index in [9.17, 15) is 13.2 Å². The molecule has 16 nitrogen and oxygen atoms in total. The summed E-state index contributed by atoms with van der Waals surface area (Å²) >= 11 is 45.3. The molecule has 0 saturated carbocycles. The molecule has 0 amide bonds. The molecule has 0 radical (unpaired) electrons. The molecule has 4 aromatic carbocycles. The van der Waals surface area contributed by atoms with E-state index in [0.29, 0.717) is 32.3 Å². The van der Waals surface area contributed by atoms with E-state index in [2.05, 4.69) is 40.8 Å². The van der Waals surface area contributed by atoms with Gasteiger partial charge in [-0.2, -0.15) is 20.4 Å². The second kappa shape index (κ2) is 26.7. The number of benzene rings is 4. The molecule has 0 aliphatic heterocycles. The van der Waals surface area contributed by atoms with E-state index >= 15 is 0 Å². The van der Waals surface area contributed by atoms with Gasteiger partial charge in [0.05, 0.1) is 65.0 Å². The fraction of sp³-hybridized carbons (Fsp3) is 0. The van der Waals surface area contributed by atoms with Crippen LogP contribution in [0.15, 0.2) is 95.4 Å². The summed E-state index contributed by atoms with van der Waals surface area (Å²) in [6.07, 6.45) is 5.22. The van der Waals surface area contributed by atoms with Crippen LogP contribution < -0.4 is 45.9 Å². The molecular formula is C32H29Cl8F3N16. The predicted molar refractivity (Wildman–Crippen MR) is 239 cm³/mol. The van der Waals surface area contributed by atoms with Crippen LogP contribution in [0.4, 0.5) is 13.2 Å². The van der Waals surface area contributed by atoms with Gasteiger partial charge in [0, 0.05) is 11.1 Å². The molecule has 0 atom stereocenters. The second-order valence-corrected chi connectivity index (χ2v) is 13.3. The van der Waals surface area contributed by atoms with Crippen LogP contribution in [-0.4, -0.2) is 48.7 Å². The maximum Gasteiger partial charge on any atom is 0.211 e. The van der Waals surface area contributed by atoms with Crippen LogP contribution >= 0.6 is 92.8 Å². The molecule has 0 heterocycles. The summed E-state index contributed by atoms with van der Waals surface area (Å²) in [7, 11) is 0. The molecule has 59 heavy (non-hydrogen) atoms. The molecule has 0 fully saturated rings. The summed E-state index contributed by atoms with van der Waals surface area (Å²) in [4.78, 5) is 0. The Hall–Kier alpha value is -5.25. The van der Waals surface area contributed by atoms with Gasteiger partial charge in [-0.15, -0.1) is 20.4 Å². The molecular weight excluding hydrogens is 949 g/mol. The van der Waals surface area contributed by atoms with E-state index in [-0.39, 0.29) is 54.0 Å². The molecule has 314 valence electrons. The molecule has 0 unspecified atom stereocenters. The summed E-state index contributed by atoms with van der Waals surface area (Å²) < 4.78 is 38.9. The van der Waals surface area contributed by atoms with Crippen molar-refractivity contribution in [3.63, 3.8) is 0 Å². The van der Waals surface area contributed by atoms with E-state index in [1.54, 1.807) is 18.2 Å². The lowest BCUT2D eigenvalue weighted by atomic mass is 10.2. The number of nitrogens with zero attached hydrogens (tertiary/aromatic N) is 8. The zero-order valence-corrected chi connectivity index (χ0v) is 35.4. The van der Waals surface area contributed by atoms with Crippen LogP contribution in [0, 0.1) is 17.5 Å². The first-order valence-corrected chi connectivity index (χ1v) is 18.0. The van der Waals surface area contributed by atoms with Crippen molar-refractivity contribution < 1.29 is 13.2 Å². The molecule has 0 aliphatic carbocycles. The number of nitrogens with two attached hydrogens (primary N) is 8. The van der Waals surface area contributed by atoms with Gasteiger partial charge in [0.1, 0.15) is 11.6 Å². The molecule has 27 heteroatoms. The van der Waals surface area contributed by atoms with Crippen LogP contribution in [0.3, 0.4) is 0 Å². The lowest BCUT2D eigenvalue weighted by molar-refractivity contribution is 0.627. The summed E-state index contributed by atoms with van der Waals surface area (Å²) in [6.45, 7) is 0. The highest BCUT2D eigenvalue weighted by molar-refractivity contribution is 6.49. The fourth-order valence-corrected chi connectivity index (χ4v) is 4.80. The maximum absolute atomic E-state index is 13.0. The molecule has 0 aromatic heterocycles. The van der Waals surface area contributed by atoms with Crippen LogP contribution in [0.25, 0.3) is 0 Å². The Morgan fingerprint density at radius 1 is 0.390 bits per heavy atom. The van der Waals surface area contributed by atoms with E-state index in [0.717, 1.165) is 6.07 Å². The fourth-order valence-electron chi connectivity index (χ4n) is 3.16. The average Bonchev–Trinajstić information content (AvgIpc) is 3.14. The Labute approximate surface area is 373 Å². The number of guanidine groups is 4. The highest BCUT2D eigenvalue weighted by Crippen LogP contribution is 2.32. The smallest absolute Gasteiger partial charge is 0.211 e. The highest BCUT2D eigenvalue weighted by atomic mass is 35.5. The van der Waals surface area contributed by atoms with Gasteiger partial charge in [-0.25, -0.2) is 13.2 Å². The molecule has 16 N–H and O–H groups in total. The van der Waals surface area contributed by atoms with E-state index in [1.807, 2.05) is 0 Å². The summed E-state index contributed by atoms with van der Waals surface area (Å²) in [5.41, 5.74) is 42.3. The number of rotatable bonds is 8. The third kappa shape index (κ3) is 20.8. The van der Waals surface area contributed by atoms with Crippen molar-refractivity contribution in [2.75, 3.05) is 0 Å². The maximum atomic E-state index is 13.0. The number of halogens is 11. The molecule has 4 aromatic rings. The first-order valence-electron chi connectivity index (χ1n) is 15.0.